The highest BCUT2D eigenvalue weighted by Crippen LogP contribution is 2.25. The molecule has 0 aromatic rings. The first-order valence-corrected chi connectivity index (χ1v) is 5.61. The average Bonchev–Trinajstić information content (AvgIpc) is 2.35. The van der Waals surface area contributed by atoms with Gasteiger partial charge in [0.05, 0.1) is 7.11 Å². The molecule has 0 heterocycles. The summed E-state index contributed by atoms with van der Waals surface area (Å²) in [6.07, 6.45) is 4.32. The van der Waals surface area contributed by atoms with Crippen molar-refractivity contribution >= 4 is 6.16 Å². The molecule has 4 heteroatoms. The molecule has 1 rings (SSSR count). The van der Waals surface area contributed by atoms with Gasteiger partial charge in [-0.15, -0.1) is 0 Å². The monoisotopic (exact) mass is 226 g/mol. The summed E-state index contributed by atoms with van der Waals surface area (Å²) in [5, 5.41) is 9.75. The highest BCUT2D eigenvalue weighted by Gasteiger charge is 2.19. The molecule has 0 aromatic heterocycles. The van der Waals surface area contributed by atoms with Gasteiger partial charge in [0.2, 0.25) is 0 Å². The second-order valence-corrected chi connectivity index (χ2v) is 3.91. The van der Waals surface area contributed by atoms with Crippen molar-refractivity contribution in [2.24, 2.45) is 5.92 Å². The molecule has 1 N–H and O–H groups in total. The van der Waals surface area contributed by atoms with E-state index in [9.17, 15) is 9.90 Å². The van der Waals surface area contributed by atoms with Gasteiger partial charge in [-0.05, 0) is 18.8 Å². The van der Waals surface area contributed by atoms with Crippen LogP contribution in [0.3, 0.4) is 0 Å². The van der Waals surface area contributed by atoms with Crippen LogP contribution in [-0.4, -0.2) is 31.1 Å². The van der Waals surface area contributed by atoms with Crippen molar-refractivity contribution in [3.05, 3.63) is 0 Å². The Morgan fingerprint density at radius 1 is 1.44 bits per heavy atom. The van der Waals surface area contributed by atoms with Crippen LogP contribution in [-0.2, 0) is 9.47 Å². The number of aliphatic hydroxyl groups is 1. The minimum atomic E-state index is -0.749. The molecule has 90 valence electrons. The largest absolute Gasteiger partial charge is 0.508 e. The Labute approximate surface area is 95.9 Å². The topological polar surface area (TPSA) is 55.8 Å². The molecule has 0 saturated heterocycles. The predicted octanol–water partition coefficient (Wildman–Crippen LogP) is 1.71. The zero-order valence-electron chi connectivity index (χ0n) is 9.57. The van der Waals surface area contributed by atoms with Gasteiger partial charge < -0.3 is 14.6 Å². The molecule has 0 unspecified atom stereocenters. The maximum atomic E-state index is 10.6. The SMILES string of the molecule is COC(=O)OCC#C[C@@H](O)C1CCCCC1. The van der Waals surface area contributed by atoms with Crippen LogP contribution >= 0.6 is 0 Å². The van der Waals surface area contributed by atoms with Gasteiger partial charge in [-0.3, -0.25) is 0 Å². The Hall–Kier alpha value is -1.21. The van der Waals surface area contributed by atoms with E-state index in [2.05, 4.69) is 21.3 Å². The summed E-state index contributed by atoms with van der Waals surface area (Å²) in [5.74, 6) is 5.61. The van der Waals surface area contributed by atoms with Crippen LogP contribution in [0.5, 0.6) is 0 Å². The van der Waals surface area contributed by atoms with E-state index in [0.717, 1.165) is 12.8 Å². The van der Waals surface area contributed by atoms with E-state index in [1.807, 2.05) is 0 Å². The lowest BCUT2D eigenvalue weighted by atomic mass is 9.85. The molecule has 0 radical (unpaired) electrons. The molecule has 1 saturated carbocycles. The Morgan fingerprint density at radius 3 is 2.75 bits per heavy atom. The molecule has 1 aliphatic rings. The maximum absolute atomic E-state index is 10.6. The number of aliphatic hydroxyl groups excluding tert-OH is 1. The van der Waals surface area contributed by atoms with Crippen molar-refractivity contribution in [1.82, 2.24) is 0 Å². The number of rotatable bonds is 2. The molecule has 0 aliphatic heterocycles. The smallest absolute Gasteiger partial charge is 0.438 e. The number of carbonyl (C=O) groups excluding carboxylic acids is 1. The minimum Gasteiger partial charge on any atom is -0.438 e. The van der Waals surface area contributed by atoms with Gasteiger partial charge in [0.15, 0.2) is 6.61 Å². The second kappa shape index (κ2) is 7.13. The lowest BCUT2D eigenvalue weighted by Crippen LogP contribution is -2.21. The Balaban J connectivity index is 2.24. The van der Waals surface area contributed by atoms with Gasteiger partial charge in [-0.1, -0.05) is 31.1 Å². The number of carbonyl (C=O) groups is 1. The van der Waals surface area contributed by atoms with E-state index >= 15 is 0 Å². The molecule has 4 nitrogen and oxygen atoms in total. The first kappa shape index (κ1) is 12.9. The molecule has 16 heavy (non-hydrogen) atoms. The average molecular weight is 226 g/mol. The molecular formula is C12H18O4. The second-order valence-electron chi connectivity index (χ2n) is 3.91. The normalized spacial score (nSPS) is 18.1. The van der Waals surface area contributed by atoms with E-state index < -0.39 is 12.3 Å². The van der Waals surface area contributed by atoms with E-state index in [1.165, 1.54) is 26.4 Å². The van der Waals surface area contributed by atoms with Crippen LogP contribution < -0.4 is 0 Å². The summed E-state index contributed by atoms with van der Waals surface area (Å²) in [6, 6.07) is 0. The Bertz CT molecular complexity index is 270. The molecule has 0 spiro atoms. The number of methoxy groups -OCH3 is 1. The van der Waals surface area contributed by atoms with E-state index in [4.69, 9.17) is 0 Å². The third-order valence-corrected chi connectivity index (χ3v) is 2.78. The first-order chi connectivity index (χ1) is 7.74. The van der Waals surface area contributed by atoms with Crippen molar-refractivity contribution in [2.45, 2.75) is 38.2 Å². The fourth-order valence-electron chi connectivity index (χ4n) is 1.87. The molecule has 0 bridgehead atoms. The van der Waals surface area contributed by atoms with E-state index in [1.54, 1.807) is 0 Å². The highest BCUT2D eigenvalue weighted by molar-refractivity contribution is 5.59. The molecule has 0 aromatic carbocycles. The molecule has 1 atom stereocenters. The highest BCUT2D eigenvalue weighted by atomic mass is 16.7. The van der Waals surface area contributed by atoms with Crippen molar-refractivity contribution in [3.63, 3.8) is 0 Å². The van der Waals surface area contributed by atoms with Crippen molar-refractivity contribution in [1.29, 1.82) is 0 Å². The predicted molar refractivity (Wildman–Crippen MR) is 58.7 cm³/mol. The maximum Gasteiger partial charge on any atom is 0.508 e. The third-order valence-electron chi connectivity index (χ3n) is 2.78. The third kappa shape index (κ3) is 4.54. The van der Waals surface area contributed by atoms with Gasteiger partial charge in [0.25, 0.3) is 0 Å². The standard InChI is InChI=1S/C12H18O4/c1-15-12(14)16-9-5-8-11(13)10-6-3-2-4-7-10/h10-11,13H,2-4,6-7,9H2,1H3/t11-/m1/s1. The van der Waals surface area contributed by atoms with Crippen LogP contribution in [0, 0.1) is 17.8 Å². The van der Waals surface area contributed by atoms with Gasteiger partial charge in [0.1, 0.15) is 6.10 Å². The first-order valence-electron chi connectivity index (χ1n) is 5.61. The van der Waals surface area contributed by atoms with E-state index in [-0.39, 0.29) is 12.5 Å². The summed E-state index contributed by atoms with van der Waals surface area (Å²) in [5.41, 5.74) is 0. The van der Waals surface area contributed by atoms with Crippen LogP contribution in [0.1, 0.15) is 32.1 Å². The van der Waals surface area contributed by atoms with Crippen LogP contribution in [0.2, 0.25) is 0 Å². The minimum absolute atomic E-state index is 0.0313. The summed E-state index contributed by atoms with van der Waals surface area (Å²) >= 11 is 0. The molecule has 1 fully saturated rings. The van der Waals surface area contributed by atoms with Crippen LogP contribution in [0.4, 0.5) is 4.79 Å². The molecular weight excluding hydrogens is 208 g/mol. The van der Waals surface area contributed by atoms with Crippen molar-refractivity contribution in [3.8, 4) is 11.8 Å². The zero-order chi connectivity index (χ0) is 11.8. The van der Waals surface area contributed by atoms with Crippen LogP contribution in [0.15, 0.2) is 0 Å². The molecule has 1 aliphatic carbocycles. The van der Waals surface area contributed by atoms with Crippen LogP contribution in [0.25, 0.3) is 0 Å². The van der Waals surface area contributed by atoms with Gasteiger partial charge in [-0.2, -0.15) is 0 Å². The summed E-state index contributed by atoms with van der Waals surface area (Å²) in [7, 11) is 1.24. The summed E-state index contributed by atoms with van der Waals surface area (Å²) in [6.45, 7) is -0.0313. The van der Waals surface area contributed by atoms with Gasteiger partial charge >= 0.3 is 6.16 Å². The Kier molecular flexibility index (Phi) is 5.73. The Morgan fingerprint density at radius 2 is 2.12 bits per heavy atom. The fraction of sp³-hybridized carbons (Fsp3) is 0.750. The van der Waals surface area contributed by atoms with E-state index in [0.29, 0.717) is 0 Å². The zero-order valence-corrected chi connectivity index (χ0v) is 9.57. The lowest BCUT2D eigenvalue weighted by molar-refractivity contribution is 0.0829. The lowest BCUT2D eigenvalue weighted by Gasteiger charge is -2.23. The van der Waals surface area contributed by atoms with Gasteiger partial charge in [0, 0.05) is 0 Å². The number of hydrogen-bond acceptors (Lipinski definition) is 4. The fourth-order valence-corrected chi connectivity index (χ4v) is 1.87. The number of hydrogen-bond donors (Lipinski definition) is 1. The summed E-state index contributed by atoms with van der Waals surface area (Å²) < 4.78 is 8.87. The van der Waals surface area contributed by atoms with Crippen molar-refractivity contribution in [2.75, 3.05) is 13.7 Å². The number of ether oxygens (including phenoxy) is 2. The van der Waals surface area contributed by atoms with Crippen molar-refractivity contribution < 1.29 is 19.4 Å². The summed E-state index contributed by atoms with van der Waals surface area (Å²) in [4.78, 5) is 10.6. The molecule has 0 amide bonds. The van der Waals surface area contributed by atoms with Gasteiger partial charge in [-0.25, -0.2) is 4.79 Å². The quantitative estimate of drug-likeness (QED) is 0.575.